The summed E-state index contributed by atoms with van der Waals surface area (Å²) in [6, 6.07) is 1.43. The number of hydrogen-bond acceptors (Lipinski definition) is 3. The Balaban J connectivity index is 2.14. The number of aliphatic carboxylic acids is 1. The minimum absolute atomic E-state index is 0.0253. The van der Waals surface area contributed by atoms with E-state index in [4.69, 9.17) is 21.4 Å². The second-order valence-corrected chi connectivity index (χ2v) is 4.31. The largest absolute Gasteiger partial charge is 0.479 e. The molecule has 1 unspecified atom stereocenters. The Morgan fingerprint density at radius 2 is 2.35 bits per heavy atom. The monoisotopic (exact) mass is 258 g/mol. The zero-order valence-electron chi connectivity index (χ0n) is 8.83. The van der Waals surface area contributed by atoms with E-state index in [1.54, 1.807) is 0 Å². The van der Waals surface area contributed by atoms with Crippen LogP contribution in [0.25, 0.3) is 0 Å². The average Bonchev–Trinajstić information content (AvgIpc) is 2.87. The van der Waals surface area contributed by atoms with Crippen molar-refractivity contribution in [1.29, 1.82) is 0 Å². The van der Waals surface area contributed by atoms with E-state index in [0.29, 0.717) is 11.6 Å². The highest BCUT2D eigenvalue weighted by Gasteiger charge is 2.44. The molecule has 17 heavy (non-hydrogen) atoms. The first kappa shape index (κ1) is 11.9. The lowest BCUT2D eigenvalue weighted by Crippen LogP contribution is -2.55. The molecule has 0 bridgehead atoms. The van der Waals surface area contributed by atoms with Gasteiger partial charge in [0.15, 0.2) is 5.54 Å². The maximum atomic E-state index is 11.8. The number of carbonyl (C=O) groups excluding carboxylic acids is 1. The SMILES string of the molecule is O=C(NC1(C(=O)O)CCOC1)c1cc(Cl)c[nH]1. The molecule has 1 aromatic heterocycles. The highest BCUT2D eigenvalue weighted by Crippen LogP contribution is 2.20. The molecule has 1 fully saturated rings. The molecule has 7 heteroatoms. The Labute approximate surface area is 102 Å². The van der Waals surface area contributed by atoms with Gasteiger partial charge in [-0.1, -0.05) is 11.6 Å². The van der Waals surface area contributed by atoms with Crippen molar-refractivity contribution in [2.75, 3.05) is 13.2 Å². The highest BCUT2D eigenvalue weighted by atomic mass is 35.5. The van der Waals surface area contributed by atoms with Crippen LogP contribution in [0.3, 0.4) is 0 Å². The van der Waals surface area contributed by atoms with Crippen LogP contribution in [0.2, 0.25) is 5.02 Å². The van der Waals surface area contributed by atoms with Gasteiger partial charge in [0.2, 0.25) is 0 Å². The van der Waals surface area contributed by atoms with Crippen molar-refractivity contribution in [1.82, 2.24) is 10.3 Å². The Morgan fingerprint density at radius 1 is 1.59 bits per heavy atom. The summed E-state index contributed by atoms with van der Waals surface area (Å²) in [5, 5.41) is 12.0. The molecule has 2 rings (SSSR count). The summed E-state index contributed by atoms with van der Waals surface area (Å²) in [5.74, 6) is -1.61. The lowest BCUT2D eigenvalue weighted by molar-refractivity contribution is -0.144. The number of ether oxygens (including phenoxy) is 1. The van der Waals surface area contributed by atoms with Gasteiger partial charge in [-0.2, -0.15) is 0 Å². The number of amides is 1. The number of carbonyl (C=O) groups is 2. The molecule has 0 radical (unpaired) electrons. The first-order valence-electron chi connectivity index (χ1n) is 5.01. The van der Waals surface area contributed by atoms with Gasteiger partial charge in [-0.05, 0) is 6.07 Å². The highest BCUT2D eigenvalue weighted by molar-refractivity contribution is 6.31. The predicted octanol–water partition coefficient (Wildman–Crippen LogP) is 0.642. The zero-order chi connectivity index (χ0) is 12.5. The lowest BCUT2D eigenvalue weighted by Gasteiger charge is -2.23. The number of rotatable bonds is 3. The summed E-state index contributed by atoms with van der Waals surface area (Å²) in [4.78, 5) is 25.6. The first-order valence-corrected chi connectivity index (χ1v) is 5.39. The van der Waals surface area contributed by atoms with E-state index in [0.717, 1.165) is 0 Å². The van der Waals surface area contributed by atoms with Crippen molar-refractivity contribution in [3.05, 3.63) is 23.0 Å². The van der Waals surface area contributed by atoms with Crippen LogP contribution in [-0.4, -0.2) is 40.7 Å². The Bertz CT molecular complexity index is 451. The number of H-pyrrole nitrogens is 1. The van der Waals surface area contributed by atoms with Crippen LogP contribution in [0.1, 0.15) is 16.9 Å². The number of halogens is 1. The molecule has 2 heterocycles. The fraction of sp³-hybridized carbons (Fsp3) is 0.400. The van der Waals surface area contributed by atoms with Crippen LogP contribution < -0.4 is 5.32 Å². The van der Waals surface area contributed by atoms with Crippen molar-refractivity contribution in [2.45, 2.75) is 12.0 Å². The number of nitrogens with one attached hydrogen (secondary N) is 2. The average molecular weight is 259 g/mol. The second kappa shape index (κ2) is 4.38. The second-order valence-electron chi connectivity index (χ2n) is 3.88. The number of aromatic amines is 1. The minimum Gasteiger partial charge on any atom is -0.479 e. The third-order valence-corrected chi connectivity index (χ3v) is 2.89. The first-order chi connectivity index (χ1) is 8.03. The molecule has 0 spiro atoms. The molecule has 1 aliphatic rings. The van der Waals surface area contributed by atoms with Gasteiger partial charge in [-0.15, -0.1) is 0 Å². The lowest BCUT2D eigenvalue weighted by atomic mass is 9.99. The third-order valence-electron chi connectivity index (χ3n) is 2.68. The van der Waals surface area contributed by atoms with E-state index in [1.165, 1.54) is 12.3 Å². The van der Waals surface area contributed by atoms with Crippen molar-refractivity contribution in [3.63, 3.8) is 0 Å². The molecule has 1 aliphatic heterocycles. The molecular formula is C10H11ClN2O4. The zero-order valence-corrected chi connectivity index (χ0v) is 9.58. The Hall–Kier alpha value is -1.53. The van der Waals surface area contributed by atoms with Crippen LogP contribution in [0.4, 0.5) is 0 Å². The van der Waals surface area contributed by atoms with Crippen LogP contribution in [0.15, 0.2) is 12.3 Å². The standard InChI is InChI=1S/C10H11ClN2O4/c11-6-3-7(12-4-6)8(14)13-10(9(15)16)1-2-17-5-10/h3-4,12H,1-2,5H2,(H,13,14)(H,15,16). The van der Waals surface area contributed by atoms with Gasteiger partial charge in [0.05, 0.1) is 11.6 Å². The maximum absolute atomic E-state index is 11.8. The summed E-state index contributed by atoms with van der Waals surface area (Å²) in [5.41, 5.74) is -1.11. The van der Waals surface area contributed by atoms with Gasteiger partial charge in [-0.25, -0.2) is 4.79 Å². The maximum Gasteiger partial charge on any atom is 0.331 e. The molecule has 0 aliphatic carbocycles. The van der Waals surface area contributed by atoms with E-state index in [1.807, 2.05) is 0 Å². The quantitative estimate of drug-likeness (QED) is 0.742. The Morgan fingerprint density at radius 3 is 2.82 bits per heavy atom. The summed E-state index contributed by atoms with van der Waals surface area (Å²) in [6.45, 7) is 0.292. The van der Waals surface area contributed by atoms with Gasteiger partial charge >= 0.3 is 5.97 Å². The van der Waals surface area contributed by atoms with Gasteiger partial charge in [0.1, 0.15) is 5.69 Å². The molecule has 1 atom stereocenters. The molecular weight excluding hydrogens is 248 g/mol. The number of carboxylic acid groups (broad SMARTS) is 1. The van der Waals surface area contributed by atoms with Crippen molar-refractivity contribution in [3.8, 4) is 0 Å². The van der Waals surface area contributed by atoms with Gasteiger partial charge in [0.25, 0.3) is 5.91 Å². The van der Waals surface area contributed by atoms with Crippen molar-refractivity contribution < 1.29 is 19.4 Å². The number of hydrogen-bond donors (Lipinski definition) is 3. The molecule has 0 aromatic carbocycles. The number of aromatic nitrogens is 1. The summed E-state index contributed by atoms with van der Waals surface area (Å²) >= 11 is 5.67. The van der Waals surface area contributed by atoms with Gasteiger partial charge < -0.3 is 20.1 Å². The minimum atomic E-state index is -1.34. The van der Waals surface area contributed by atoms with Crippen LogP contribution in [0, 0.1) is 0 Å². The van der Waals surface area contributed by atoms with Crippen LogP contribution in [-0.2, 0) is 9.53 Å². The normalized spacial score (nSPS) is 23.6. The van der Waals surface area contributed by atoms with Crippen LogP contribution in [0.5, 0.6) is 0 Å². The smallest absolute Gasteiger partial charge is 0.331 e. The molecule has 3 N–H and O–H groups in total. The van der Waals surface area contributed by atoms with E-state index in [2.05, 4.69) is 10.3 Å². The summed E-state index contributed by atoms with van der Waals surface area (Å²) < 4.78 is 5.03. The molecule has 6 nitrogen and oxygen atoms in total. The molecule has 1 amide bonds. The molecule has 1 aromatic rings. The van der Waals surface area contributed by atoms with E-state index in [9.17, 15) is 9.59 Å². The molecule has 1 saturated heterocycles. The fourth-order valence-electron chi connectivity index (χ4n) is 1.67. The van der Waals surface area contributed by atoms with Crippen molar-refractivity contribution in [2.24, 2.45) is 0 Å². The van der Waals surface area contributed by atoms with Gasteiger partial charge in [0, 0.05) is 19.2 Å². The number of carboxylic acids is 1. The molecule has 0 saturated carbocycles. The Kier molecular flexibility index (Phi) is 3.08. The summed E-state index contributed by atoms with van der Waals surface area (Å²) in [6.07, 6.45) is 1.71. The van der Waals surface area contributed by atoms with Crippen LogP contribution >= 0.6 is 11.6 Å². The van der Waals surface area contributed by atoms with E-state index in [-0.39, 0.29) is 18.7 Å². The molecule has 92 valence electrons. The van der Waals surface area contributed by atoms with Gasteiger partial charge in [-0.3, -0.25) is 4.79 Å². The van der Waals surface area contributed by atoms with E-state index < -0.39 is 17.4 Å². The third kappa shape index (κ3) is 2.27. The summed E-state index contributed by atoms with van der Waals surface area (Å²) in [7, 11) is 0. The van der Waals surface area contributed by atoms with Crippen molar-refractivity contribution >= 4 is 23.5 Å². The predicted molar refractivity (Wildman–Crippen MR) is 59.1 cm³/mol. The fourth-order valence-corrected chi connectivity index (χ4v) is 1.83. The van der Waals surface area contributed by atoms with E-state index >= 15 is 0 Å². The topological polar surface area (TPSA) is 91.4 Å².